The average molecular weight is 351 g/mol. The molecule has 1 heterocycles. The molecular weight excluding hydrogens is 336 g/mol. The van der Waals surface area contributed by atoms with E-state index in [0.717, 1.165) is 27.8 Å². The first kappa shape index (κ1) is 14.3. The minimum atomic E-state index is -1.07. The highest BCUT2D eigenvalue weighted by atomic mass is 79.9. The number of hydrogen-bond acceptors (Lipinski definition) is 3. The van der Waals surface area contributed by atoms with E-state index in [1.54, 1.807) is 6.07 Å². The Bertz CT molecular complexity index is 650. The number of rotatable bonds is 1. The molecule has 3 rings (SSSR count). The fourth-order valence-electron chi connectivity index (χ4n) is 3.14. The highest BCUT2D eigenvalue weighted by Gasteiger charge is 2.55. The van der Waals surface area contributed by atoms with Crippen LogP contribution in [0, 0.1) is 12.3 Å². The molecule has 2 fully saturated rings. The third-order valence-electron chi connectivity index (χ3n) is 4.34. The van der Waals surface area contributed by atoms with Gasteiger partial charge in [0.05, 0.1) is 5.69 Å². The summed E-state index contributed by atoms with van der Waals surface area (Å²) >= 11 is 3.35. The largest absolute Gasteiger partial charge is 0.335 e. The van der Waals surface area contributed by atoms with E-state index in [1.165, 1.54) is 0 Å². The minimum absolute atomic E-state index is 0.394. The highest BCUT2D eigenvalue weighted by Crippen LogP contribution is 2.43. The van der Waals surface area contributed by atoms with E-state index >= 15 is 0 Å². The Morgan fingerprint density at radius 1 is 1.19 bits per heavy atom. The van der Waals surface area contributed by atoms with E-state index in [0.29, 0.717) is 18.5 Å². The van der Waals surface area contributed by atoms with Crippen molar-refractivity contribution in [3.05, 3.63) is 28.2 Å². The van der Waals surface area contributed by atoms with E-state index < -0.39 is 23.3 Å². The third kappa shape index (κ3) is 2.09. The lowest BCUT2D eigenvalue weighted by Crippen LogP contribution is -2.63. The minimum Gasteiger partial charge on any atom is -0.276 e. The number of urea groups is 1. The molecule has 1 aliphatic heterocycles. The van der Waals surface area contributed by atoms with E-state index in [-0.39, 0.29) is 0 Å². The predicted molar refractivity (Wildman–Crippen MR) is 80.8 cm³/mol. The number of barbiturate groups is 1. The molecule has 1 N–H and O–H groups in total. The summed E-state index contributed by atoms with van der Waals surface area (Å²) in [6.45, 7) is 1.83. The molecule has 1 aromatic rings. The van der Waals surface area contributed by atoms with Crippen LogP contribution in [-0.4, -0.2) is 17.8 Å². The number of imide groups is 2. The van der Waals surface area contributed by atoms with Gasteiger partial charge in [0.2, 0.25) is 5.91 Å². The maximum atomic E-state index is 12.9. The topological polar surface area (TPSA) is 66.5 Å². The van der Waals surface area contributed by atoms with Crippen molar-refractivity contribution >= 4 is 39.5 Å². The van der Waals surface area contributed by atoms with Gasteiger partial charge in [0.1, 0.15) is 5.41 Å². The first-order valence-corrected chi connectivity index (χ1v) is 7.71. The number of nitrogens with zero attached hydrogens (tertiary/aromatic N) is 1. The second kappa shape index (κ2) is 4.94. The monoisotopic (exact) mass is 350 g/mol. The van der Waals surface area contributed by atoms with Gasteiger partial charge in [-0.25, -0.2) is 9.69 Å². The molecule has 0 aromatic heterocycles. The number of halogens is 1. The molecule has 1 saturated heterocycles. The maximum Gasteiger partial charge on any atom is 0.335 e. The molecule has 1 spiro atoms. The van der Waals surface area contributed by atoms with Gasteiger partial charge >= 0.3 is 6.03 Å². The Kier molecular flexibility index (Phi) is 3.36. The van der Waals surface area contributed by atoms with Crippen molar-refractivity contribution in [2.45, 2.75) is 32.6 Å². The van der Waals surface area contributed by atoms with Gasteiger partial charge in [0.15, 0.2) is 0 Å². The summed E-state index contributed by atoms with van der Waals surface area (Å²) in [6.07, 6.45) is 2.68. The smallest absolute Gasteiger partial charge is 0.276 e. The molecule has 1 saturated carbocycles. The quantitative estimate of drug-likeness (QED) is 0.792. The molecule has 2 aliphatic rings. The highest BCUT2D eigenvalue weighted by molar-refractivity contribution is 9.10. The molecule has 0 atom stereocenters. The number of hydrogen-bond donors (Lipinski definition) is 1. The molecule has 4 amide bonds. The van der Waals surface area contributed by atoms with Crippen LogP contribution in [0.3, 0.4) is 0 Å². The summed E-state index contributed by atoms with van der Waals surface area (Å²) in [5.74, 6) is -0.839. The fourth-order valence-corrected chi connectivity index (χ4v) is 3.49. The second-order valence-electron chi connectivity index (χ2n) is 5.62. The van der Waals surface area contributed by atoms with Gasteiger partial charge in [-0.05, 0) is 37.5 Å². The Morgan fingerprint density at radius 3 is 2.52 bits per heavy atom. The van der Waals surface area contributed by atoms with Crippen LogP contribution in [0.15, 0.2) is 22.7 Å². The number of amides is 4. The lowest BCUT2D eigenvalue weighted by Gasteiger charge is -2.37. The number of carbonyl (C=O) groups is 3. The van der Waals surface area contributed by atoms with Gasteiger partial charge in [0, 0.05) is 4.47 Å². The standard InChI is InChI=1S/C15H15BrN2O3/c1-9-4-5-10(16)8-11(9)18-13(20)15(6-2-3-7-15)12(19)17-14(18)21/h4-5,8H,2-3,6-7H2,1H3,(H,17,19,21). The zero-order valence-corrected chi connectivity index (χ0v) is 13.2. The van der Waals surface area contributed by atoms with E-state index in [9.17, 15) is 14.4 Å². The fraction of sp³-hybridized carbons (Fsp3) is 0.400. The Labute approximate surface area is 130 Å². The molecular formula is C15H15BrN2O3. The molecule has 1 aliphatic carbocycles. The van der Waals surface area contributed by atoms with Crippen molar-refractivity contribution < 1.29 is 14.4 Å². The third-order valence-corrected chi connectivity index (χ3v) is 4.83. The Hall–Kier alpha value is -1.69. The normalized spacial score (nSPS) is 21.0. The number of anilines is 1. The van der Waals surface area contributed by atoms with E-state index in [4.69, 9.17) is 0 Å². The summed E-state index contributed by atoms with van der Waals surface area (Å²) in [4.78, 5) is 38.3. The van der Waals surface area contributed by atoms with Crippen molar-refractivity contribution in [2.24, 2.45) is 5.41 Å². The van der Waals surface area contributed by atoms with E-state index in [1.807, 2.05) is 19.1 Å². The van der Waals surface area contributed by atoms with Gasteiger partial charge in [-0.2, -0.15) is 0 Å². The van der Waals surface area contributed by atoms with Crippen LogP contribution in [0.1, 0.15) is 31.2 Å². The van der Waals surface area contributed by atoms with Crippen LogP contribution in [-0.2, 0) is 9.59 Å². The van der Waals surface area contributed by atoms with Crippen LogP contribution in [0.4, 0.5) is 10.5 Å². The Morgan fingerprint density at radius 2 is 1.86 bits per heavy atom. The molecule has 6 heteroatoms. The lowest BCUT2D eigenvalue weighted by atomic mass is 9.82. The summed E-state index contributed by atoms with van der Waals surface area (Å²) in [7, 11) is 0. The molecule has 5 nitrogen and oxygen atoms in total. The first-order chi connectivity index (χ1) is 9.95. The molecule has 0 radical (unpaired) electrons. The molecule has 0 bridgehead atoms. The molecule has 0 unspecified atom stereocenters. The maximum absolute atomic E-state index is 12.9. The van der Waals surface area contributed by atoms with E-state index in [2.05, 4.69) is 21.2 Å². The molecule has 110 valence electrons. The van der Waals surface area contributed by atoms with Crippen LogP contribution in [0.25, 0.3) is 0 Å². The van der Waals surface area contributed by atoms with Crippen LogP contribution < -0.4 is 10.2 Å². The van der Waals surface area contributed by atoms with Crippen molar-refractivity contribution in [1.29, 1.82) is 0 Å². The summed E-state index contributed by atoms with van der Waals surface area (Å²) in [6, 6.07) is 4.74. The number of carbonyl (C=O) groups excluding carboxylic acids is 3. The first-order valence-electron chi connectivity index (χ1n) is 6.92. The number of nitrogens with one attached hydrogen (secondary N) is 1. The molecule has 1 aromatic carbocycles. The zero-order chi connectivity index (χ0) is 15.2. The SMILES string of the molecule is Cc1ccc(Br)cc1N1C(=O)NC(=O)C2(CCCC2)C1=O. The van der Waals surface area contributed by atoms with Crippen LogP contribution >= 0.6 is 15.9 Å². The van der Waals surface area contributed by atoms with Crippen LogP contribution in [0.5, 0.6) is 0 Å². The van der Waals surface area contributed by atoms with Gasteiger partial charge < -0.3 is 0 Å². The Balaban J connectivity index is 2.09. The van der Waals surface area contributed by atoms with Gasteiger partial charge in [-0.3, -0.25) is 14.9 Å². The predicted octanol–water partition coefficient (Wildman–Crippen LogP) is 2.90. The van der Waals surface area contributed by atoms with Crippen LogP contribution in [0.2, 0.25) is 0 Å². The van der Waals surface area contributed by atoms with Crippen molar-refractivity contribution in [3.63, 3.8) is 0 Å². The molecule has 21 heavy (non-hydrogen) atoms. The average Bonchev–Trinajstić information content (AvgIpc) is 2.92. The summed E-state index contributed by atoms with van der Waals surface area (Å²) < 4.78 is 0.779. The van der Waals surface area contributed by atoms with Gasteiger partial charge in [0.25, 0.3) is 5.91 Å². The lowest BCUT2D eigenvalue weighted by molar-refractivity contribution is -0.142. The van der Waals surface area contributed by atoms with Gasteiger partial charge in [-0.15, -0.1) is 0 Å². The van der Waals surface area contributed by atoms with Crippen molar-refractivity contribution in [2.75, 3.05) is 4.90 Å². The zero-order valence-electron chi connectivity index (χ0n) is 11.6. The summed E-state index contributed by atoms with van der Waals surface area (Å²) in [5, 5.41) is 2.35. The summed E-state index contributed by atoms with van der Waals surface area (Å²) in [5.41, 5.74) is 0.262. The van der Waals surface area contributed by atoms with Crippen molar-refractivity contribution in [3.8, 4) is 0 Å². The van der Waals surface area contributed by atoms with Gasteiger partial charge in [-0.1, -0.05) is 34.8 Å². The number of aryl methyl sites for hydroxylation is 1. The van der Waals surface area contributed by atoms with Crippen molar-refractivity contribution in [1.82, 2.24) is 5.32 Å². The number of benzene rings is 1. The second-order valence-corrected chi connectivity index (χ2v) is 6.54.